The van der Waals surface area contributed by atoms with Gasteiger partial charge in [-0.2, -0.15) is 0 Å². The molecule has 2 aliphatic heterocycles. The van der Waals surface area contributed by atoms with Crippen LogP contribution in [-0.2, 0) is 47.5 Å². The molecule has 2 heterocycles. The molecule has 0 bridgehead atoms. The number of sulfone groups is 2. The summed E-state index contributed by atoms with van der Waals surface area (Å²) in [5.41, 5.74) is -1.07. The zero-order chi connectivity index (χ0) is 24.7. The van der Waals surface area contributed by atoms with E-state index in [2.05, 4.69) is 0 Å². The van der Waals surface area contributed by atoms with Crippen LogP contribution in [0, 0.1) is 0 Å². The van der Waals surface area contributed by atoms with Gasteiger partial charge in [-0.3, -0.25) is 4.57 Å². The molecule has 11 nitrogen and oxygen atoms in total. The number of hydrogen-bond donors (Lipinski definition) is 1. The summed E-state index contributed by atoms with van der Waals surface area (Å²) in [4.78, 5) is 0. The second kappa shape index (κ2) is 9.87. The van der Waals surface area contributed by atoms with Crippen LogP contribution >= 0.6 is 7.60 Å². The molecule has 2 rings (SSSR count). The lowest BCUT2D eigenvalue weighted by atomic mass is 9.96. The Labute approximate surface area is 190 Å². The minimum Gasteiger partial charge on any atom is -0.388 e. The lowest BCUT2D eigenvalue weighted by Crippen LogP contribution is -2.57. The number of aliphatic hydroxyl groups is 1. The first-order valence-corrected chi connectivity index (χ1v) is 15.8. The van der Waals surface area contributed by atoms with Gasteiger partial charge in [0.1, 0.15) is 24.4 Å². The zero-order valence-corrected chi connectivity index (χ0v) is 22.0. The molecular formula is C18H35O11PS2. The Kier molecular flexibility index (Phi) is 8.67. The van der Waals surface area contributed by atoms with Crippen molar-refractivity contribution in [2.24, 2.45) is 0 Å². The van der Waals surface area contributed by atoms with Crippen molar-refractivity contribution in [1.82, 2.24) is 0 Å². The smallest absolute Gasteiger partial charge is 0.346 e. The first kappa shape index (κ1) is 28.1. The predicted octanol–water partition coefficient (Wildman–Crippen LogP) is 1.44. The Morgan fingerprint density at radius 1 is 0.969 bits per heavy atom. The van der Waals surface area contributed by atoms with Gasteiger partial charge in [-0.05, 0) is 48.5 Å². The van der Waals surface area contributed by atoms with E-state index in [0.717, 1.165) is 0 Å². The van der Waals surface area contributed by atoms with Crippen LogP contribution in [-0.4, -0.2) is 86.8 Å². The molecule has 0 aromatic rings. The highest BCUT2D eigenvalue weighted by Gasteiger charge is 2.54. The molecule has 0 aromatic heterocycles. The van der Waals surface area contributed by atoms with Crippen LogP contribution in [0.15, 0.2) is 0 Å². The maximum Gasteiger partial charge on any atom is 0.346 e. The summed E-state index contributed by atoms with van der Waals surface area (Å²) in [6.07, 6.45) is -5.72. The van der Waals surface area contributed by atoms with Gasteiger partial charge in [-0.15, -0.1) is 0 Å². The molecule has 0 amide bonds. The highest BCUT2D eigenvalue weighted by Crippen LogP contribution is 2.51. The molecule has 14 heteroatoms. The van der Waals surface area contributed by atoms with Gasteiger partial charge in [-0.1, -0.05) is 0 Å². The van der Waals surface area contributed by atoms with E-state index in [1.807, 2.05) is 0 Å². The Morgan fingerprint density at radius 3 is 1.97 bits per heavy atom. The zero-order valence-electron chi connectivity index (χ0n) is 19.5. The number of hydrogen-bond acceptors (Lipinski definition) is 11. The third-order valence-electron chi connectivity index (χ3n) is 4.61. The minimum absolute atomic E-state index is 0.582. The van der Waals surface area contributed by atoms with Crippen molar-refractivity contribution in [2.45, 2.75) is 97.0 Å². The first-order valence-electron chi connectivity index (χ1n) is 10.4. The van der Waals surface area contributed by atoms with Crippen LogP contribution in [0.2, 0.25) is 0 Å². The average molecular weight is 523 g/mol. The molecule has 2 fully saturated rings. The Morgan fingerprint density at radius 2 is 1.47 bits per heavy atom. The van der Waals surface area contributed by atoms with E-state index in [1.54, 1.807) is 48.5 Å². The summed E-state index contributed by atoms with van der Waals surface area (Å²) < 4.78 is 91.0. The van der Waals surface area contributed by atoms with E-state index in [-0.39, 0.29) is 0 Å². The molecule has 2 aliphatic rings. The van der Waals surface area contributed by atoms with Crippen molar-refractivity contribution in [3.05, 3.63) is 0 Å². The quantitative estimate of drug-likeness (QED) is 0.415. The molecule has 0 aliphatic carbocycles. The third kappa shape index (κ3) is 7.71. The van der Waals surface area contributed by atoms with Crippen LogP contribution in [0.4, 0.5) is 0 Å². The van der Waals surface area contributed by atoms with Crippen LogP contribution in [0.1, 0.15) is 48.5 Å². The van der Waals surface area contributed by atoms with Gasteiger partial charge in [0.2, 0.25) is 0 Å². The topological polar surface area (TPSA) is 152 Å². The van der Waals surface area contributed by atoms with Crippen molar-refractivity contribution < 1.29 is 49.8 Å². The van der Waals surface area contributed by atoms with Crippen molar-refractivity contribution >= 4 is 27.3 Å². The third-order valence-corrected chi connectivity index (χ3v) is 12.6. The summed E-state index contributed by atoms with van der Waals surface area (Å²) in [5.74, 6) is -1.73. The number of aliphatic hydroxyl groups excluding tert-OH is 1. The van der Waals surface area contributed by atoms with Gasteiger partial charge >= 0.3 is 7.60 Å². The van der Waals surface area contributed by atoms with Crippen LogP contribution in [0.25, 0.3) is 0 Å². The molecule has 0 aromatic carbocycles. The first-order chi connectivity index (χ1) is 14.3. The SMILES string of the molecule is CC(C)OP(=O)(CS(=O)(=O)CS(=O)(=O)CC1OC(C)C2OC(C)(C)OC2C1O)OC(C)C. The standard InChI is InChI=1S/C18H35O11PS2/c1-11(2)28-30(20,29-12(3)4)9-32(23,24)10-31(21,22)8-14-15(19)17-16(13(5)25-14)26-18(6,7)27-17/h11-17,19H,8-10H2,1-7H3. The van der Waals surface area contributed by atoms with E-state index in [0.29, 0.717) is 0 Å². The van der Waals surface area contributed by atoms with Crippen molar-refractivity contribution in [1.29, 1.82) is 0 Å². The monoisotopic (exact) mass is 522 g/mol. The molecule has 2 saturated heterocycles. The van der Waals surface area contributed by atoms with Gasteiger partial charge in [0, 0.05) is 0 Å². The predicted molar refractivity (Wildman–Crippen MR) is 117 cm³/mol. The van der Waals surface area contributed by atoms with Crippen molar-refractivity contribution in [3.63, 3.8) is 0 Å². The van der Waals surface area contributed by atoms with Crippen LogP contribution < -0.4 is 0 Å². The summed E-state index contributed by atoms with van der Waals surface area (Å²) in [6, 6.07) is 0. The fraction of sp³-hybridized carbons (Fsp3) is 1.00. The molecular weight excluding hydrogens is 487 g/mol. The van der Waals surface area contributed by atoms with Crippen molar-refractivity contribution in [3.8, 4) is 0 Å². The fourth-order valence-electron chi connectivity index (χ4n) is 3.81. The molecule has 0 radical (unpaired) electrons. The van der Waals surface area contributed by atoms with Gasteiger partial charge in [0.25, 0.3) is 0 Å². The van der Waals surface area contributed by atoms with Crippen molar-refractivity contribution in [2.75, 3.05) is 16.3 Å². The average Bonchev–Trinajstić information content (AvgIpc) is 2.84. The number of ether oxygens (including phenoxy) is 3. The molecule has 5 atom stereocenters. The number of rotatable bonds is 10. The van der Waals surface area contributed by atoms with Gasteiger partial charge in [0.05, 0.1) is 24.1 Å². The highest BCUT2D eigenvalue weighted by atomic mass is 32.3. The van der Waals surface area contributed by atoms with E-state index in [9.17, 15) is 26.5 Å². The van der Waals surface area contributed by atoms with Gasteiger partial charge in [0.15, 0.2) is 36.0 Å². The summed E-state index contributed by atoms with van der Waals surface area (Å²) in [6.45, 7) is 11.2. The highest BCUT2D eigenvalue weighted by molar-refractivity contribution is 8.10. The molecule has 5 unspecified atom stereocenters. The largest absolute Gasteiger partial charge is 0.388 e. The summed E-state index contributed by atoms with van der Waals surface area (Å²) in [7, 11) is -12.8. The van der Waals surface area contributed by atoms with E-state index >= 15 is 0 Å². The fourth-order valence-corrected chi connectivity index (χ4v) is 11.9. The lowest BCUT2D eigenvalue weighted by molar-refractivity contribution is -0.173. The molecule has 0 spiro atoms. The van der Waals surface area contributed by atoms with Gasteiger partial charge in [-0.25, -0.2) is 16.8 Å². The minimum atomic E-state index is -4.40. The summed E-state index contributed by atoms with van der Waals surface area (Å²) in [5, 5.41) is 9.32. The Balaban J connectivity index is 2.12. The lowest BCUT2D eigenvalue weighted by Gasteiger charge is -2.38. The van der Waals surface area contributed by atoms with E-state index in [4.69, 9.17) is 23.3 Å². The second-order valence-electron chi connectivity index (χ2n) is 9.25. The van der Waals surface area contributed by atoms with Gasteiger partial charge < -0.3 is 28.4 Å². The maximum absolute atomic E-state index is 12.9. The maximum atomic E-state index is 12.9. The second-order valence-corrected chi connectivity index (χ2v) is 16.2. The molecule has 190 valence electrons. The Bertz CT molecular complexity index is 899. The van der Waals surface area contributed by atoms with E-state index < -0.39 is 92.1 Å². The molecule has 1 N–H and O–H groups in total. The van der Waals surface area contributed by atoms with Crippen LogP contribution in [0.5, 0.6) is 0 Å². The van der Waals surface area contributed by atoms with Crippen LogP contribution in [0.3, 0.4) is 0 Å². The number of fused-ring (bicyclic) bond motifs is 1. The normalized spacial score (nSPS) is 31.2. The molecule has 0 saturated carbocycles. The Hall–Kier alpha value is -0.110. The van der Waals surface area contributed by atoms with E-state index in [1.165, 1.54) is 0 Å². The summed E-state index contributed by atoms with van der Waals surface area (Å²) >= 11 is 0. The molecule has 32 heavy (non-hydrogen) atoms.